The van der Waals surface area contributed by atoms with Gasteiger partial charge >= 0.3 is 0 Å². The number of nitrogens with zero attached hydrogens (tertiary/aromatic N) is 1. The van der Waals surface area contributed by atoms with E-state index in [1.165, 1.54) is 0 Å². The number of carbonyl (C=O) groups excluding carboxylic acids is 1. The molecule has 0 spiro atoms. The molecule has 0 aliphatic carbocycles. The fourth-order valence-electron chi connectivity index (χ4n) is 2.86. The third kappa shape index (κ3) is 3.79. The average Bonchev–Trinajstić information content (AvgIpc) is 2.90. The van der Waals surface area contributed by atoms with Crippen molar-refractivity contribution in [2.24, 2.45) is 0 Å². The fourth-order valence-corrected chi connectivity index (χ4v) is 3.87. The van der Waals surface area contributed by atoms with Crippen LogP contribution in [0.5, 0.6) is 0 Å². The first-order chi connectivity index (χ1) is 11.3. The maximum absolute atomic E-state index is 12.7. The number of sulfonamides is 1. The molecule has 2 aromatic rings. The Morgan fingerprint density at radius 2 is 2.00 bits per heavy atom. The Kier molecular flexibility index (Phi) is 4.64. The summed E-state index contributed by atoms with van der Waals surface area (Å²) >= 11 is 3.44. The zero-order chi connectivity index (χ0) is 17.3. The number of nitrogens with one attached hydrogen (secondary N) is 1. The van der Waals surface area contributed by atoms with Gasteiger partial charge in [-0.1, -0.05) is 34.1 Å². The summed E-state index contributed by atoms with van der Waals surface area (Å²) < 4.78 is 26.4. The molecule has 5 nitrogen and oxygen atoms in total. The normalized spacial score (nSPS) is 13.7. The predicted octanol–water partition coefficient (Wildman–Crippen LogP) is 2.95. The largest absolute Gasteiger partial charge is 0.312 e. The molecule has 0 radical (unpaired) electrons. The molecule has 7 heteroatoms. The van der Waals surface area contributed by atoms with Crippen LogP contribution in [0.3, 0.4) is 0 Å². The van der Waals surface area contributed by atoms with Crippen LogP contribution in [0.2, 0.25) is 0 Å². The monoisotopic (exact) mass is 408 g/mol. The average molecular weight is 409 g/mol. The third-order valence-electron chi connectivity index (χ3n) is 3.89. The van der Waals surface area contributed by atoms with E-state index in [-0.39, 0.29) is 12.3 Å². The maximum Gasteiger partial charge on any atom is 0.231 e. The molecule has 3 rings (SSSR count). The van der Waals surface area contributed by atoms with Crippen LogP contribution in [0.15, 0.2) is 46.9 Å². The SMILES string of the molecule is CS(=O)(=O)Nc1ccccc1CC(=O)N1CCc2cc(Br)ccc21. The van der Waals surface area contributed by atoms with E-state index < -0.39 is 10.0 Å². The van der Waals surface area contributed by atoms with Crippen molar-refractivity contribution < 1.29 is 13.2 Å². The molecule has 0 atom stereocenters. The number of para-hydroxylation sites is 1. The van der Waals surface area contributed by atoms with Gasteiger partial charge in [0.2, 0.25) is 15.9 Å². The number of fused-ring (bicyclic) bond motifs is 1. The van der Waals surface area contributed by atoms with E-state index in [4.69, 9.17) is 0 Å². The van der Waals surface area contributed by atoms with E-state index in [1.807, 2.05) is 18.2 Å². The van der Waals surface area contributed by atoms with Crippen LogP contribution in [-0.2, 0) is 27.7 Å². The zero-order valence-electron chi connectivity index (χ0n) is 13.1. The van der Waals surface area contributed by atoms with Gasteiger partial charge in [0.15, 0.2) is 0 Å². The number of anilines is 2. The summed E-state index contributed by atoms with van der Waals surface area (Å²) in [5.41, 5.74) is 3.18. The van der Waals surface area contributed by atoms with Crippen molar-refractivity contribution in [2.75, 3.05) is 22.4 Å². The molecule has 0 saturated carbocycles. The molecule has 0 aromatic heterocycles. The highest BCUT2D eigenvalue weighted by Crippen LogP contribution is 2.31. The second kappa shape index (κ2) is 6.57. The Morgan fingerprint density at radius 1 is 1.25 bits per heavy atom. The molecule has 1 N–H and O–H groups in total. The van der Waals surface area contributed by atoms with Gasteiger partial charge in [0.1, 0.15) is 0 Å². The number of halogens is 1. The topological polar surface area (TPSA) is 66.5 Å². The Balaban J connectivity index is 1.82. The smallest absolute Gasteiger partial charge is 0.231 e. The Hall–Kier alpha value is -1.86. The minimum atomic E-state index is -3.39. The van der Waals surface area contributed by atoms with Crippen LogP contribution in [0, 0.1) is 0 Å². The second-order valence-electron chi connectivity index (χ2n) is 5.78. The molecule has 0 saturated heterocycles. The number of carbonyl (C=O) groups is 1. The molecule has 1 aliphatic rings. The highest BCUT2D eigenvalue weighted by atomic mass is 79.9. The van der Waals surface area contributed by atoms with Crippen molar-refractivity contribution in [3.8, 4) is 0 Å². The molecule has 1 heterocycles. The molecular weight excluding hydrogens is 392 g/mol. The third-order valence-corrected chi connectivity index (χ3v) is 4.98. The molecule has 0 unspecified atom stereocenters. The van der Waals surface area contributed by atoms with Crippen molar-refractivity contribution in [3.63, 3.8) is 0 Å². The lowest BCUT2D eigenvalue weighted by Crippen LogP contribution is -2.30. The summed E-state index contributed by atoms with van der Waals surface area (Å²) in [7, 11) is -3.39. The molecule has 2 aromatic carbocycles. The molecule has 126 valence electrons. The van der Waals surface area contributed by atoms with Gasteiger partial charge in [0, 0.05) is 16.7 Å². The summed E-state index contributed by atoms with van der Waals surface area (Å²) in [6.07, 6.45) is 2.07. The standard InChI is InChI=1S/C17H17BrN2O3S/c1-24(22,23)19-15-5-3-2-4-12(15)11-17(21)20-9-8-13-10-14(18)6-7-16(13)20/h2-7,10,19H,8-9,11H2,1H3. The summed E-state index contributed by atoms with van der Waals surface area (Å²) in [5.74, 6) is -0.0428. The lowest BCUT2D eigenvalue weighted by atomic mass is 10.1. The van der Waals surface area contributed by atoms with E-state index in [0.717, 1.165) is 28.4 Å². The molecule has 1 amide bonds. The minimum Gasteiger partial charge on any atom is -0.312 e. The van der Waals surface area contributed by atoms with E-state index in [1.54, 1.807) is 29.2 Å². The van der Waals surface area contributed by atoms with Gasteiger partial charge in [-0.15, -0.1) is 0 Å². The summed E-state index contributed by atoms with van der Waals surface area (Å²) in [6.45, 7) is 0.645. The van der Waals surface area contributed by atoms with Gasteiger partial charge in [-0.2, -0.15) is 0 Å². The number of amides is 1. The van der Waals surface area contributed by atoms with Crippen LogP contribution in [-0.4, -0.2) is 27.1 Å². The van der Waals surface area contributed by atoms with E-state index in [2.05, 4.69) is 20.7 Å². The van der Waals surface area contributed by atoms with Crippen molar-refractivity contribution in [1.29, 1.82) is 0 Å². The van der Waals surface area contributed by atoms with E-state index in [0.29, 0.717) is 17.8 Å². The highest BCUT2D eigenvalue weighted by molar-refractivity contribution is 9.10. The van der Waals surface area contributed by atoms with Crippen molar-refractivity contribution in [3.05, 3.63) is 58.1 Å². The first-order valence-electron chi connectivity index (χ1n) is 7.48. The lowest BCUT2D eigenvalue weighted by Gasteiger charge is -2.18. The van der Waals surface area contributed by atoms with E-state index >= 15 is 0 Å². The Morgan fingerprint density at radius 3 is 2.75 bits per heavy atom. The lowest BCUT2D eigenvalue weighted by molar-refractivity contribution is -0.117. The van der Waals surface area contributed by atoms with Crippen molar-refractivity contribution in [1.82, 2.24) is 0 Å². The molecular formula is C17H17BrN2O3S. The first kappa shape index (κ1) is 17.0. The van der Waals surface area contributed by atoms with Crippen molar-refractivity contribution in [2.45, 2.75) is 12.8 Å². The summed E-state index contributed by atoms with van der Waals surface area (Å²) in [4.78, 5) is 14.5. The minimum absolute atomic E-state index is 0.0428. The van der Waals surface area contributed by atoms with Gasteiger partial charge in [0.25, 0.3) is 0 Å². The Bertz CT molecular complexity index is 896. The van der Waals surface area contributed by atoms with Gasteiger partial charge < -0.3 is 4.90 Å². The Labute approximate surface area is 149 Å². The van der Waals surface area contributed by atoms with Crippen LogP contribution in [0.4, 0.5) is 11.4 Å². The van der Waals surface area contributed by atoms with Crippen LogP contribution in [0.1, 0.15) is 11.1 Å². The molecule has 0 fully saturated rings. The van der Waals surface area contributed by atoms with E-state index in [9.17, 15) is 13.2 Å². The second-order valence-corrected chi connectivity index (χ2v) is 8.44. The maximum atomic E-state index is 12.7. The molecule has 1 aliphatic heterocycles. The highest BCUT2D eigenvalue weighted by Gasteiger charge is 2.25. The number of hydrogen-bond acceptors (Lipinski definition) is 3. The summed E-state index contributed by atoms with van der Waals surface area (Å²) in [6, 6.07) is 12.9. The van der Waals surface area contributed by atoms with Gasteiger partial charge in [0.05, 0.1) is 18.4 Å². The van der Waals surface area contributed by atoms with Crippen LogP contribution < -0.4 is 9.62 Å². The fraction of sp³-hybridized carbons (Fsp3) is 0.235. The molecule has 24 heavy (non-hydrogen) atoms. The van der Waals surface area contributed by atoms with Gasteiger partial charge in [-0.05, 0) is 41.8 Å². The molecule has 0 bridgehead atoms. The number of rotatable bonds is 4. The van der Waals surface area contributed by atoms with Gasteiger partial charge in [-0.3, -0.25) is 9.52 Å². The van der Waals surface area contributed by atoms with Crippen molar-refractivity contribution >= 4 is 43.2 Å². The van der Waals surface area contributed by atoms with Gasteiger partial charge in [-0.25, -0.2) is 8.42 Å². The summed E-state index contributed by atoms with van der Waals surface area (Å²) in [5, 5.41) is 0. The van der Waals surface area contributed by atoms with Crippen LogP contribution >= 0.6 is 15.9 Å². The zero-order valence-corrected chi connectivity index (χ0v) is 15.5. The quantitative estimate of drug-likeness (QED) is 0.845. The number of benzene rings is 2. The first-order valence-corrected chi connectivity index (χ1v) is 10.2. The number of hydrogen-bond donors (Lipinski definition) is 1. The van der Waals surface area contributed by atoms with Crippen LogP contribution in [0.25, 0.3) is 0 Å². The predicted molar refractivity (Wildman–Crippen MR) is 98.8 cm³/mol.